The van der Waals surface area contributed by atoms with E-state index in [0.29, 0.717) is 12.0 Å². The van der Waals surface area contributed by atoms with E-state index in [1.165, 1.54) is 0 Å². The summed E-state index contributed by atoms with van der Waals surface area (Å²) in [6, 6.07) is 10.2. The number of nitrogens with zero attached hydrogens (tertiary/aromatic N) is 3. The molecule has 3 aromatic rings. The normalized spacial score (nSPS) is 17.7. The van der Waals surface area contributed by atoms with Gasteiger partial charge >= 0.3 is 0 Å². The second kappa shape index (κ2) is 7.22. The molecule has 2 heterocycles. The summed E-state index contributed by atoms with van der Waals surface area (Å²) >= 11 is 3.52. The Kier molecular flexibility index (Phi) is 4.63. The van der Waals surface area contributed by atoms with Crippen molar-refractivity contribution in [3.63, 3.8) is 0 Å². The van der Waals surface area contributed by atoms with Crippen LogP contribution in [0.2, 0.25) is 0 Å². The molecule has 0 radical (unpaired) electrons. The van der Waals surface area contributed by atoms with Crippen molar-refractivity contribution >= 4 is 33.4 Å². The van der Waals surface area contributed by atoms with Gasteiger partial charge in [-0.2, -0.15) is 5.10 Å². The lowest BCUT2D eigenvalue weighted by Crippen LogP contribution is -2.00. The van der Waals surface area contributed by atoms with E-state index in [-0.39, 0.29) is 0 Å². The summed E-state index contributed by atoms with van der Waals surface area (Å²) in [4.78, 5) is 15.9. The number of allylic oxidation sites excluding steroid dienone is 6. The Labute approximate surface area is 159 Å². The summed E-state index contributed by atoms with van der Waals surface area (Å²) in [6.07, 6.45) is 14.0. The Hall–Kier alpha value is -2.79. The molecule has 0 bridgehead atoms. The van der Waals surface area contributed by atoms with E-state index < -0.39 is 0 Å². The van der Waals surface area contributed by atoms with Crippen LogP contribution in [0.25, 0.3) is 22.3 Å². The van der Waals surface area contributed by atoms with Gasteiger partial charge in [0.25, 0.3) is 0 Å². The molecule has 2 aromatic heterocycles. The van der Waals surface area contributed by atoms with Crippen LogP contribution in [-0.2, 0) is 4.79 Å². The van der Waals surface area contributed by atoms with Gasteiger partial charge in [0.15, 0.2) is 5.65 Å². The van der Waals surface area contributed by atoms with E-state index in [0.717, 1.165) is 45.2 Å². The van der Waals surface area contributed by atoms with Crippen molar-refractivity contribution in [3.05, 3.63) is 82.8 Å². The zero-order chi connectivity index (χ0) is 17.9. The molecule has 0 amide bonds. The van der Waals surface area contributed by atoms with Crippen LogP contribution >= 0.6 is 15.9 Å². The molecule has 0 atom stereocenters. The Morgan fingerprint density at radius 2 is 2.00 bits per heavy atom. The minimum absolute atomic E-state index is 0.704. The first-order valence-electron chi connectivity index (χ1n) is 8.37. The predicted octanol–water partition coefficient (Wildman–Crippen LogP) is 5.02. The number of hydrogen-bond acceptors (Lipinski definition) is 3. The Morgan fingerprint density at radius 3 is 2.81 bits per heavy atom. The standard InChI is InChI=1S/C21H16BrN3O/c22-19-12-23-25-13-18(16-8-2-1-3-9-16)20(24-21(19)25)17-10-4-6-15(14-26)7-5-11-17/h1-4,6-9,11-14H,5,10H2/b6-4-,15-7?,17-11+. The fourth-order valence-corrected chi connectivity index (χ4v) is 3.41. The van der Waals surface area contributed by atoms with Gasteiger partial charge in [-0.1, -0.05) is 54.6 Å². The summed E-state index contributed by atoms with van der Waals surface area (Å²) in [7, 11) is 0. The molecule has 0 saturated heterocycles. The molecule has 26 heavy (non-hydrogen) atoms. The van der Waals surface area contributed by atoms with Crippen LogP contribution in [-0.4, -0.2) is 20.9 Å². The molecule has 0 saturated carbocycles. The van der Waals surface area contributed by atoms with E-state index in [4.69, 9.17) is 4.98 Å². The molecule has 4 rings (SSSR count). The van der Waals surface area contributed by atoms with Crippen molar-refractivity contribution in [1.82, 2.24) is 14.6 Å². The van der Waals surface area contributed by atoms with E-state index in [2.05, 4.69) is 39.2 Å². The Balaban J connectivity index is 1.90. The second-order valence-electron chi connectivity index (χ2n) is 6.02. The molecule has 0 spiro atoms. The zero-order valence-electron chi connectivity index (χ0n) is 14.0. The fraction of sp³-hybridized carbons (Fsp3) is 0.0952. The first kappa shape index (κ1) is 16.7. The number of aromatic nitrogens is 3. The van der Waals surface area contributed by atoms with Crippen molar-refractivity contribution < 1.29 is 4.79 Å². The van der Waals surface area contributed by atoms with E-state index in [1.54, 1.807) is 10.7 Å². The van der Waals surface area contributed by atoms with Crippen molar-refractivity contribution in [2.45, 2.75) is 12.8 Å². The van der Waals surface area contributed by atoms with Gasteiger partial charge in [-0.25, -0.2) is 9.50 Å². The minimum Gasteiger partial charge on any atom is -0.298 e. The molecule has 0 fully saturated rings. The summed E-state index contributed by atoms with van der Waals surface area (Å²) in [5.41, 5.74) is 5.71. The van der Waals surface area contributed by atoms with Gasteiger partial charge in [0, 0.05) is 17.3 Å². The van der Waals surface area contributed by atoms with Crippen molar-refractivity contribution in [3.8, 4) is 11.1 Å². The van der Waals surface area contributed by atoms with E-state index in [1.807, 2.05) is 42.6 Å². The molecule has 5 heteroatoms. The lowest BCUT2D eigenvalue weighted by atomic mass is 9.96. The first-order chi connectivity index (χ1) is 12.8. The number of benzene rings is 1. The van der Waals surface area contributed by atoms with Gasteiger partial charge < -0.3 is 0 Å². The van der Waals surface area contributed by atoms with Crippen LogP contribution in [0.5, 0.6) is 0 Å². The molecule has 128 valence electrons. The maximum absolute atomic E-state index is 11.0. The maximum atomic E-state index is 11.0. The highest BCUT2D eigenvalue weighted by molar-refractivity contribution is 9.10. The molecular weight excluding hydrogens is 390 g/mol. The van der Waals surface area contributed by atoms with Crippen LogP contribution in [0, 0.1) is 0 Å². The zero-order valence-corrected chi connectivity index (χ0v) is 15.6. The maximum Gasteiger partial charge on any atom is 0.169 e. The number of carbonyl (C=O) groups is 1. The van der Waals surface area contributed by atoms with Crippen LogP contribution in [0.3, 0.4) is 0 Å². The molecular formula is C21H16BrN3O. The fourth-order valence-electron chi connectivity index (χ4n) is 3.05. The molecule has 1 aliphatic carbocycles. The third-order valence-electron chi connectivity index (χ3n) is 4.34. The summed E-state index contributed by atoms with van der Waals surface area (Å²) < 4.78 is 2.66. The average molecular weight is 406 g/mol. The summed E-state index contributed by atoms with van der Waals surface area (Å²) in [6.45, 7) is 0. The molecule has 1 aromatic carbocycles. The number of carbonyl (C=O) groups excluding carboxylic acids is 1. The Morgan fingerprint density at radius 1 is 1.15 bits per heavy atom. The van der Waals surface area contributed by atoms with Crippen molar-refractivity contribution in [2.24, 2.45) is 0 Å². The summed E-state index contributed by atoms with van der Waals surface area (Å²) in [5, 5.41) is 4.37. The quantitative estimate of drug-likeness (QED) is 0.574. The number of halogens is 1. The van der Waals surface area contributed by atoms with Crippen molar-refractivity contribution in [2.75, 3.05) is 0 Å². The van der Waals surface area contributed by atoms with Crippen LogP contribution in [0.15, 0.2) is 77.1 Å². The summed E-state index contributed by atoms with van der Waals surface area (Å²) in [5.74, 6) is 0. The lowest BCUT2D eigenvalue weighted by Gasteiger charge is -2.13. The van der Waals surface area contributed by atoms with Gasteiger partial charge in [-0.05, 0) is 39.9 Å². The van der Waals surface area contributed by atoms with Crippen LogP contribution in [0.1, 0.15) is 18.5 Å². The van der Waals surface area contributed by atoms with Gasteiger partial charge in [0.05, 0.1) is 16.4 Å². The van der Waals surface area contributed by atoms with E-state index >= 15 is 0 Å². The number of rotatable bonds is 3. The van der Waals surface area contributed by atoms with E-state index in [9.17, 15) is 4.79 Å². The topological polar surface area (TPSA) is 47.3 Å². The molecule has 1 aliphatic rings. The molecule has 4 nitrogen and oxygen atoms in total. The number of aldehydes is 1. The van der Waals surface area contributed by atoms with Gasteiger partial charge in [-0.3, -0.25) is 4.79 Å². The monoisotopic (exact) mass is 405 g/mol. The van der Waals surface area contributed by atoms with Crippen molar-refractivity contribution in [1.29, 1.82) is 0 Å². The molecule has 0 aliphatic heterocycles. The third-order valence-corrected chi connectivity index (χ3v) is 4.90. The Bertz CT molecular complexity index is 1060. The SMILES string of the molecule is O=CC1=CC/C=C(/c2nc3c(Br)cnn3cc2-c2ccccc2)C/C=C\1. The predicted molar refractivity (Wildman–Crippen MR) is 107 cm³/mol. The van der Waals surface area contributed by atoms with Gasteiger partial charge in [-0.15, -0.1) is 0 Å². The first-order valence-corrected chi connectivity index (χ1v) is 9.16. The number of hydrogen-bond donors (Lipinski definition) is 0. The smallest absolute Gasteiger partial charge is 0.169 e. The highest BCUT2D eigenvalue weighted by Gasteiger charge is 2.15. The van der Waals surface area contributed by atoms with Gasteiger partial charge in [0.2, 0.25) is 0 Å². The second-order valence-corrected chi connectivity index (χ2v) is 6.88. The minimum atomic E-state index is 0.704. The highest BCUT2D eigenvalue weighted by Crippen LogP contribution is 2.32. The largest absolute Gasteiger partial charge is 0.298 e. The van der Waals surface area contributed by atoms with Crippen LogP contribution < -0.4 is 0 Å². The highest BCUT2D eigenvalue weighted by atomic mass is 79.9. The molecule has 0 N–H and O–H groups in total. The third kappa shape index (κ3) is 3.18. The average Bonchev–Trinajstić information content (AvgIpc) is 3.02. The van der Waals surface area contributed by atoms with Crippen LogP contribution in [0.4, 0.5) is 0 Å². The lowest BCUT2D eigenvalue weighted by molar-refractivity contribution is -0.104. The number of fused-ring (bicyclic) bond motifs is 1. The molecule has 0 unspecified atom stereocenters. The van der Waals surface area contributed by atoms with Gasteiger partial charge in [0.1, 0.15) is 6.29 Å².